The van der Waals surface area contributed by atoms with Gasteiger partial charge in [-0.1, -0.05) is 35.4 Å². The largest absolute Gasteiger partial charge is 0.467 e. The van der Waals surface area contributed by atoms with E-state index in [-0.39, 0.29) is 24.2 Å². The van der Waals surface area contributed by atoms with Gasteiger partial charge in [0.15, 0.2) is 5.60 Å². The number of halogens is 3. The van der Waals surface area contributed by atoms with Crippen LogP contribution in [0.25, 0.3) is 0 Å². The average Bonchev–Trinajstić information content (AvgIpc) is 2.69. The topological polar surface area (TPSA) is 46.5 Å². The minimum absolute atomic E-state index is 0.0912. The molecule has 0 aliphatic heterocycles. The maximum atomic E-state index is 12.9. The number of benzene rings is 1. The van der Waals surface area contributed by atoms with E-state index in [1.165, 1.54) is 19.2 Å². The van der Waals surface area contributed by atoms with E-state index in [0.717, 1.165) is 41.7 Å². The zero-order valence-corrected chi connectivity index (χ0v) is 17.0. The van der Waals surface area contributed by atoms with Crippen LogP contribution in [0.1, 0.15) is 56.6 Å². The number of alkyl halides is 3. The van der Waals surface area contributed by atoms with E-state index in [0.29, 0.717) is 12.0 Å². The van der Waals surface area contributed by atoms with Crippen molar-refractivity contribution in [2.75, 3.05) is 7.11 Å². The van der Waals surface area contributed by atoms with Crippen LogP contribution in [-0.4, -0.2) is 23.8 Å². The first-order valence-electron chi connectivity index (χ1n) is 9.82. The quantitative estimate of drug-likeness (QED) is 0.538. The average molecular weight is 408 g/mol. The molecular weight excluding hydrogens is 381 g/mol. The van der Waals surface area contributed by atoms with Crippen LogP contribution in [0, 0.1) is 11.8 Å². The summed E-state index contributed by atoms with van der Waals surface area (Å²) in [7, 11) is 1.25. The highest BCUT2D eigenvalue weighted by atomic mass is 19.4. The van der Waals surface area contributed by atoms with Gasteiger partial charge in [0.1, 0.15) is 0 Å². The third-order valence-corrected chi connectivity index (χ3v) is 6.70. The van der Waals surface area contributed by atoms with Crippen molar-refractivity contribution in [1.29, 1.82) is 0 Å². The first-order chi connectivity index (χ1) is 13.5. The molecule has 29 heavy (non-hydrogen) atoms. The van der Waals surface area contributed by atoms with E-state index < -0.39 is 23.3 Å². The van der Waals surface area contributed by atoms with Gasteiger partial charge in [-0.3, -0.25) is 0 Å². The van der Waals surface area contributed by atoms with Gasteiger partial charge in [0.25, 0.3) is 0 Å². The van der Waals surface area contributed by atoms with Crippen molar-refractivity contribution >= 4 is 5.97 Å². The van der Waals surface area contributed by atoms with Gasteiger partial charge in [-0.15, -0.1) is 0 Å². The van der Waals surface area contributed by atoms with Crippen molar-refractivity contribution < 1.29 is 27.8 Å². The summed E-state index contributed by atoms with van der Waals surface area (Å²) in [6, 6.07) is 4.98. The van der Waals surface area contributed by atoms with Crippen LogP contribution < -0.4 is 0 Å². The molecule has 1 saturated carbocycles. The lowest BCUT2D eigenvalue weighted by Crippen LogP contribution is -2.52. The molecule has 0 heterocycles. The maximum absolute atomic E-state index is 12.9. The molecule has 3 rings (SSSR count). The molecule has 0 spiro atoms. The summed E-state index contributed by atoms with van der Waals surface area (Å²) in [6.45, 7) is 7.95. The number of ether oxygens (including phenoxy) is 1. The number of allylic oxidation sites excluding steroid dienone is 2. The van der Waals surface area contributed by atoms with Crippen LogP contribution in [-0.2, 0) is 15.7 Å². The Kier molecular flexibility index (Phi) is 5.69. The zero-order chi connectivity index (χ0) is 21.6. The smallest absolute Gasteiger partial charge is 0.416 e. The lowest BCUT2D eigenvalue weighted by Gasteiger charge is -2.47. The molecule has 0 unspecified atom stereocenters. The SMILES string of the molecule is C=C(C)[C@H]1CCC2=C(C)[C@@H](c3ccc(C(F)(F)F)cc3)C[C@@](O)(C(=O)OC)[C@@H]2C1. The molecular formula is C23H27F3O3. The highest BCUT2D eigenvalue weighted by Gasteiger charge is 2.53. The first-order valence-corrected chi connectivity index (χ1v) is 9.82. The summed E-state index contributed by atoms with van der Waals surface area (Å²) in [6.07, 6.45) is -2.08. The highest BCUT2D eigenvalue weighted by Crippen LogP contribution is 2.53. The Balaban J connectivity index is 2.04. The number of aliphatic hydroxyl groups is 1. The second-order valence-corrected chi connectivity index (χ2v) is 8.37. The normalized spacial score (nSPS) is 30.0. The number of carbonyl (C=O) groups is 1. The maximum Gasteiger partial charge on any atom is 0.416 e. The Bertz CT molecular complexity index is 838. The standard InChI is InChI=1S/C23H27F3O3/c1-13(2)16-7-10-18-14(3)19(12-22(28,20(18)11-16)21(27)29-4)15-5-8-17(9-6-15)23(24,25)26/h5-6,8-9,16,19-20,28H,1,7,10-12H2,2-4H3/t16-,19-,20+,22-/m0/s1. The van der Waals surface area contributed by atoms with E-state index >= 15 is 0 Å². The van der Waals surface area contributed by atoms with Gasteiger partial charge in [-0.05, 0) is 63.1 Å². The van der Waals surface area contributed by atoms with Crippen LogP contribution in [0.4, 0.5) is 13.2 Å². The predicted octanol–water partition coefficient (Wildman–Crippen LogP) is 5.41. The van der Waals surface area contributed by atoms with Crippen LogP contribution in [0.3, 0.4) is 0 Å². The lowest BCUT2D eigenvalue weighted by molar-refractivity contribution is -0.171. The van der Waals surface area contributed by atoms with Crippen molar-refractivity contribution in [3.63, 3.8) is 0 Å². The number of hydrogen-bond acceptors (Lipinski definition) is 3. The second kappa shape index (κ2) is 7.63. The van der Waals surface area contributed by atoms with Gasteiger partial charge in [-0.2, -0.15) is 13.2 Å². The molecule has 1 aromatic carbocycles. The number of carbonyl (C=O) groups excluding carboxylic acids is 1. The van der Waals surface area contributed by atoms with Crippen molar-refractivity contribution in [3.8, 4) is 0 Å². The number of esters is 1. The second-order valence-electron chi connectivity index (χ2n) is 8.37. The third-order valence-electron chi connectivity index (χ3n) is 6.70. The van der Waals surface area contributed by atoms with E-state index in [9.17, 15) is 23.1 Å². The Morgan fingerprint density at radius 2 is 1.90 bits per heavy atom. The molecule has 2 aliphatic rings. The van der Waals surface area contributed by atoms with Gasteiger partial charge in [0, 0.05) is 11.8 Å². The van der Waals surface area contributed by atoms with Crippen molar-refractivity contribution in [2.24, 2.45) is 11.8 Å². The first kappa shape index (κ1) is 21.6. The fourth-order valence-corrected chi connectivity index (χ4v) is 4.96. The zero-order valence-electron chi connectivity index (χ0n) is 17.0. The number of fused-ring (bicyclic) bond motifs is 1. The Hall–Kier alpha value is -2.08. The van der Waals surface area contributed by atoms with Gasteiger partial charge < -0.3 is 9.84 Å². The highest BCUT2D eigenvalue weighted by molar-refractivity contribution is 5.81. The summed E-state index contributed by atoms with van der Waals surface area (Å²) in [5, 5.41) is 11.4. The van der Waals surface area contributed by atoms with Crippen molar-refractivity contribution in [3.05, 3.63) is 58.7 Å². The molecule has 158 valence electrons. The minimum Gasteiger partial charge on any atom is -0.467 e. The number of methoxy groups -OCH3 is 1. The van der Waals surface area contributed by atoms with E-state index in [1.807, 2.05) is 13.8 Å². The van der Waals surface area contributed by atoms with Crippen LogP contribution in [0.2, 0.25) is 0 Å². The number of hydrogen-bond donors (Lipinski definition) is 1. The third kappa shape index (κ3) is 3.87. The molecule has 0 bridgehead atoms. The summed E-state index contributed by atoms with van der Waals surface area (Å²) in [5.41, 5.74) is 1.32. The molecule has 0 radical (unpaired) electrons. The molecule has 1 aromatic rings. The number of rotatable bonds is 3. The Morgan fingerprint density at radius 3 is 2.41 bits per heavy atom. The lowest BCUT2D eigenvalue weighted by atomic mass is 9.59. The molecule has 0 amide bonds. The van der Waals surface area contributed by atoms with Crippen LogP contribution >= 0.6 is 0 Å². The van der Waals surface area contributed by atoms with E-state index in [2.05, 4.69) is 6.58 Å². The van der Waals surface area contributed by atoms with E-state index in [1.54, 1.807) is 0 Å². The molecule has 6 heteroatoms. The molecule has 2 aliphatic carbocycles. The predicted molar refractivity (Wildman–Crippen MR) is 104 cm³/mol. The van der Waals surface area contributed by atoms with Gasteiger partial charge in [0.05, 0.1) is 12.7 Å². The fraction of sp³-hybridized carbons (Fsp3) is 0.522. The van der Waals surface area contributed by atoms with Crippen LogP contribution in [0.15, 0.2) is 47.6 Å². The minimum atomic E-state index is -4.41. The molecule has 3 nitrogen and oxygen atoms in total. The van der Waals surface area contributed by atoms with Gasteiger partial charge >= 0.3 is 12.1 Å². The molecule has 0 saturated heterocycles. The summed E-state index contributed by atoms with van der Waals surface area (Å²) < 4.78 is 43.7. The Morgan fingerprint density at radius 1 is 1.28 bits per heavy atom. The summed E-state index contributed by atoms with van der Waals surface area (Å²) in [4.78, 5) is 12.6. The van der Waals surface area contributed by atoms with Gasteiger partial charge in [-0.25, -0.2) is 4.79 Å². The monoisotopic (exact) mass is 408 g/mol. The van der Waals surface area contributed by atoms with Crippen molar-refractivity contribution in [1.82, 2.24) is 0 Å². The van der Waals surface area contributed by atoms with E-state index in [4.69, 9.17) is 4.74 Å². The van der Waals surface area contributed by atoms with Gasteiger partial charge in [0.2, 0.25) is 0 Å². The molecule has 1 N–H and O–H groups in total. The fourth-order valence-electron chi connectivity index (χ4n) is 4.96. The molecule has 4 atom stereocenters. The van der Waals surface area contributed by atoms with Crippen molar-refractivity contribution in [2.45, 2.75) is 57.2 Å². The molecule has 0 aromatic heterocycles. The Labute approximate surface area is 169 Å². The summed E-state index contributed by atoms with van der Waals surface area (Å²) in [5.74, 6) is -1.17. The molecule has 1 fully saturated rings. The van der Waals surface area contributed by atoms with Crippen LogP contribution in [0.5, 0.6) is 0 Å². The summed E-state index contributed by atoms with van der Waals surface area (Å²) >= 11 is 0.